The fourth-order valence-electron chi connectivity index (χ4n) is 3.15. The van der Waals surface area contributed by atoms with E-state index in [4.69, 9.17) is 4.74 Å². The summed E-state index contributed by atoms with van der Waals surface area (Å²) in [5.74, 6) is 0.931. The van der Waals surface area contributed by atoms with Crippen LogP contribution in [0.3, 0.4) is 0 Å². The third kappa shape index (κ3) is 4.98. The lowest BCUT2D eigenvalue weighted by molar-refractivity contribution is 0.306. The SMILES string of the molecule is CCCc1ccc(OCc2ccc(-c3ccc(CCC)cc3)cc2)cc1. The lowest BCUT2D eigenvalue weighted by Crippen LogP contribution is -1.95. The van der Waals surface area contributed by atoms with Gasteiger partial charge in [-0.2, -0.15) is 0 Å². The average molecular weight is 344 g/mol. The Morgan fingerprint density at radius 2 is 0.962 bits per heavy atom. The molecule has 0 amide bonds. The first-order valence-electron chi connectivity index (χ1n) is 9.68. The lowest BCUT2D eigenvalue weighted by atomic mass is 10.0. The van der Waals surface area contributed by atoms with Gasteiger partial charge in [-0.15, -0.1) is 0 Å². The molecule has 0 atom stereocenters. The van der Waals surface area contributed by atoms with Crippen LogP contribution in [0.2, 0.25) is 0 Å². The van der Waals surface area contributed by atoms with Gasteiger partial charge < -0.3 is 4.74 Å². The molecule has 0 heterocycles. The average Bonchev–Trinajstić information content (AvgIpc) is 2.69. The molecule has 26 heavy (non-hydrogen) atoms. The van der Waals surface area contributed by atoms with Gasteiger partial charge in [-0.1, -0.05) is 87.4 Å². The second kappa shape index (κ2) is 9.24. The summed E-state index contributed by atoms with van der Waals surface area (Å²) in [6.45, 7) is 5.02. The Morgan fingerprint density at radius 3 is 1.42 bits per heavy atom. The van der Waals surface area contributed by atoms with Crippen molar-refractivity contribution in [1.29, 1.82) is 0 Å². The van der Waals surface area contributed by atoms with Crippen LogP contribution in [0, 0.1) is 0 Å². The Labute approximate surface area is 157 Å². The zero-order valence-electron chi connectivity index (χ0n) is 15.9. The van der Waals surface area contributed by atoms with E-state index in [0.717, 1.165) is 18.6 Å². The maximum atomic E-state index is 5.91. The van der Waals surface area contributed by atoms with Crippen molar-refractivity contribution in [2.75, 3.05) is 0 Å². The van der Waals surface area contributed by atoms with E-state index in [2.05, 4.69) is 86.6 Å². The minimum atomic E-state index is 0.600. The van der Waals surface area contributed by atoms with Gasteiger partial charge in [0.25, 0.3) is 0 Å². The third-order valence-corrected chi connectivity index (χ3v) is 4.65. The first-order chi connectivity index (χ1) is 12.8. The van der Waals surface area contributed by atoms with E-state index in [1.807, 2.05) is 0 Å². The normalized spacial score (nSPS) is 10.7. The maximum absolute atomic E-state index is 5.91. The van der Waals surface area contributed by atoms with Crippen molar-refractivity contribution in [2.24, 2.45) is 0 Å². The Morgan fingerprint density at radius 1 is 0.538 bits per heavy atom. The Hall–Kier alpha value is -2.54. The van der Waals surface area contributed by atoms with Gasteiger partial charge in [0, 0.05) is 0 Å². The molecular weight excluding hydrogens is 316 g/mol. The smallest absolute Gasteiger partial charge is 0.119 e. The van der Waals surface area contributed by atoms with Crippen LogP contribution in [0.4, 0.5) is 0 Å². The highest BCUT2D eigenvalue weighted by Gasteiger charge is 2.01. The van der Waals surface area contributed by atoms with Gasteiger partial charge in [0.2, 0.25) is 0 Å². The van der Waals surface area contributed by atoms with E-state index in [1.54, 1.807) is 0 Å². The van der Waals surface area contributed by atoms with E-state index in [1.165, 1.54) is 40.7 Å². The summed E-state index contributed by atoms with van der Waals surface area (Å²) < 4.78 is 5.91. The zero-order chi connectivity index (χ0) is 18.2. The minimum Gasteiger partial charge on any atom is -0.489 e. The van der Waals surface area contributed by atoms with Crippen LogP contribution >= 0.6 is 0 Å². The molecule has 1 heteroatoms. The topological polar surface area (TPSA) is 9.23 Å². The second-order valence-corrected chi connectivity index (χ2v) is 6.83. The van der Waals surface area contributed by atoms with E-state index in [-0.39, 0.29) is 0 Å². The molecule has 3 aromatic rings. The third-order valence-electron chi connectivity index (χ3n) is 4.65. The van der Waals surface area contributed by atoms with E-state index >= 15 is 0 Å². The van der Waals surface area contributed by atoms with Crippen LogP contribution in [0.1, 0.15) is 43.4 Å². The summed E-state index contributed by atoms with van der Waals surface area (Å²) >= 11 is 0. The standard InChI is InChI=1S/C25H28O/c1-3-5-20-7-13-23(14-8-20)24-15-9-22(10-16-24)19-26-25-17-11-21(6-4-2)12-18-25/h7-18H,3-6,19H2,1-2H3. The summed E-state index contributed by atoms with van der Waals surface area (Å²) in [5.41, 5.74) is 6.49. The quantitative estimate of drug-likeness (QED) is 0.435. The molecule has 0 fully saturated rings. The molecule has 0 saturated carbocycles. The van der Waals surface area contributed by atoms with Crippen LogP contribution in [0.5, 0.6) is 5.75 Å². The molecule has 0 aliphatic heterocycles. The highest BCUT2D eigenvalue weighted by Crippen LogP contribution is 2.22. The molecular formula is C25H28O. The molecule has 0 aliphatic carbocycles. The van der Waals surface area contributed by atoms with Crippen molar-refractivity contribution in [3.05, 3.63) is 89.5 Å². The molecule has 1 nitrogen and oxygen atoms in total. The predicted octanol–water partition coefficient (Wildman–Crippen LogP) is 6.84. The van der Waals surface area contributed by atoms with Crippen molar-refractivity contribution < 1.29 is 4.74 Å². The van der Waals surface area contributed by atoms with Gasteiger partial charge in [0.1, 0.15) is 12.4 Å². The first kappa shape index (κ1) is 18.3. The largest absolute Gasteiger partial charge is 0.489 e. The first-order valence-corrected chi connectivity index (χ1v) is 9.68. The molecule has 0 N–H and O–H groups in total. The van der Waals surface area contributed by atoms with E-state index < -0.39 is 0 Å². The number of ether oxygens (including phenoxy) is 1. The van der Waals surface area contributed by atoms with Crippen molar-refractivity contribution in [3.8, 4) is 16.9 Å². The van der Waals surface area contributed by atoms with Crippen molar-refractivity contribution >= 4 is 0 Å². The van der Waals surface area contributed by atoms with Crippen molar-refractivity contribution in [3.63, 3.8) is 0 Å². The number of aryl methyl sites for hydroxylation is 2. The van der Waals surface area contributed by atoms with Crippen LogP contribution in [-0.4, -0.2) is 0 Å². The van der Waals surface area contributed by atoms with Crippen molar-refractivity contribution in [1.82, 2.24) is 0 Å². The van der Waals surface area contributed by atoms with Crippen LogP contribution < -0.4 is 4.74 Å². The molecule has 134 valence electrons. The summed E-state index contributed by atoms with van der Waals surface area (Å²) in [6.07, 6.45) is 4.64. The highest BCUT2D eigenvalue weighted by atomic mass is 16.5. The monoisotopic (exact) mass is 344 g/mol. The molecule has 0 bridgehead atoms. The summed E-state index contributed by atoms with van der Waals surface area (Å²) in [5, 5.41) is 0. The number of rotatable bonds is 8. The molecule has 0 aliphatic rings. The van der Waals surface area contributed by atoms with Gasteiger partial charge >= 0.3 is 0 Å². The molecule has 3 aromatic carbocycles. The Bertz CT molecular complexity index is 783. The zero-order valence-corrected chi connectivity index (χ0v) is 15.9. The van der Waals surface area contributed by atoms with Gasteiger partial charge in [0.15, 0.2) is 0 Å². The molecule has 0 radical (unpaired) electrons. The Balaban J connectivity index is 1.58. The maximum Gasteiger partial charge on any atom is 0.119 e. The van der Waals surface area contributed by atoms with Crippen molar-refractivity contribution in [2.45, 2.75) is 46.1 Å². The number of benzene rings is 3. The highest BCUT2D eigenvalue weighted by molar-refractivity contribution is 5.63. The summed E-state index contributed by atoms with van der Waals surface area (Å²) in [4.78, 5) is 0. The molecule has 0 saturated heterocycles. The molecule has 0 unspecified atom stereocenters. The van der Waals surface area contributed by atoms with E-state index in [0.29, 0.717) is 6.61 Å². The molecule has 0 spiro atoms. The number of hydrogen-bond donors (Lipinski definition) is 0. The van der Waals surface area contributed by atoms with Gasteiger partial charge in [-0.3, -0.25) is 0 Å². The van der Waals surface area contributed by atoms with Gasteiger partial charge in [0.05, 0.1) is 0 Å². The predicted molar refractivity (Wildman–Crippen MR) is 111 cm³/mol. The summed E-state index contributed by atoms with van der Waals surface area (Å²) in [6, 6.07) is 26.0. The second-order valence-electron chi connectivity index (χ2n) is 6.83. The minimum absolute atomic E-state index is 0.600. The van der Waals surface area contributed by atoms with E-state index in [9.17, 15) is 0 Å². The molecule has 3 rings (SSSR count). The summed E-state index contributed by atoms with van der Waals surface area (Å²) in [7, 11) is 0. The Kier molecular flexibility index (Phi) is 6.49. The van der Waals surface area contributed by atoms with Crippen LogP contribution in [0.25, 0.3) is 11.1 Å². The fraction of sp³-hybridized carbons (Fsp3) is 0.280. The molecule has 0 aromatic heterocycles. The van der Waals surface area contributed by atoms with Gasteiger partial charge in [-0.25, -0.2) is 0 Å². The lowest BCUT2D eigenvalue weighted by Gasteiger charge is -2.09. The van der Waals surface area contributed by atoms with Gasteiger partial charge in [-0.05, 0) is 52.8 Å². The number of hydrogen-bond acceptors (Lipinski definition) is 1. The van der Waals surface area contributed by atoms with Crippen LogP contribution in [0.15, 0.2) is 72.8 Å². The van der Waals surface area contributed by atoms with Crippen LogP contribution in [-0.2, 0) is 19.4 Å². The fourth-order valence-corrected chi connectivity index (χ4v) is 3.15.